The van der Waals surface area contributed by atoms with Gasteiger partial charge in [0.15, 0.2) is 6.29 Å². The number of fused-ring (bicyclic) bond motifs is 2. The molecule has 2 saturated carbocycles. The Morgan fingerprint density at radius 2 is 1.69 bits per heavy atom. The highest BCUT2D eigenvalue weighted by Gasteiger charge is 2.49. The maximum atomic E-state index is 12.8. The van der Waals surface area contributed by atoms with Gasteiger partial charge in [0.25, 0.3) is 0 Å². The lowest BCUT2D eigenvalue weighted by Crippen LogP contribution is -2.31. The van der Waals surface area contributed by atoms with E-state index in [0.29, 0.717) is 37.4 Å². The van der Waals surface area contributed by atoms with Crippen molar-refractivity contribution in [2.75, 3.05) is 19.8 Å². The van der Waals surface area contributed by atoms with Crippen LogP contribution in [-0.2, 0) is 25.6 Å². The van der Waals surface area contributed by atoms with Crippen LogP contribution in [0.25, 0.3) is 0 Å². The van der Waals surface area contributed by atoms with E-state index in [1.54, 1.807) is 12.1 Å². The molecule has 188 valence electrons. The highest BCUT2D eigenvalue weighted by atomic mass is 16.7. The number of esters is 1. The maximum Gasteiger partial charge on any atom is 0.314 e. The van der Waals surface area contributed by atoms with Crippen LogP contribution in [0.15, 0.2) is 54.6 Å². The molecule has 2 bridgehead atoms. The minimum Gasteiger partial charge on any atom is -0.494 e. The van der Waals surface area contributed by atoms with Gasteiger partial charge >= 0.3 is 5.97 Å². The van der Waals surface area contributed by atoms with Crippen molar-refractivity contribution in [3.05, 3.63) is 60.2 Å². The van der Waals surface area contributed by atoms with Crippen molar-refractivity contribution in [3.63, 3.8) is 0 Å². The second-order valence-electron chi connectivity index (χ2n) is 9.93. The summed E-state index contributed by atoms with van der Waals surface area (Å²) in [5, 5.41) is 0. The predicted molar refractivity (Wildman–Crippen MR) is 131 cm³/mol. The Morgan fingerprint density at radius 1 is 0.857 bits per heavy atom. The van der Waals surface area contributed by atoms with Crippen molar-refractivity contribution >= 4 is 5.97 Å². The molecule has 2 aromatic carbocycles. The highest BCUT2D eigenvalue weighted by molar-refractivity contribution is 5.76. The highest BCUT2D eigenvalue weighted by Crippen LogP contribution is 2.50. The van der Waals surface area contributed by atoms with Crippen LogP contribution in [0.4, 0.5) is 0 Å². The third-order valence-electron chi connectivity index (χ3n) is 7.44. The third-order valence-corrected chi connectivity index (χ3v) is 7.44. The van der Waals surface area contributed by atoms with Gasteiger partial charge in [0.1, 0.15) is 11.5 Å². The second-order valence-corrected chi connectivity index (χ2v) is 9.93. The van der Waals surface area contributed by atoms with Gasteiger partial charge in [-0.05, 0) is 80.2 Å². The molecule has 6 nitrogen and oxygen atoms in total. The lowest BCUT2D eigenvalue weighted by atomic mass is 9.87. The van der Waals surface area contributed by atoms with E-state index in [4.69, 9.17) is 23.7 Å². The summed E-state index contributed by atoms with van der Waals surface area (Å²) in [5.74, 6) is 2.00. The fraction of sp³-hybridized carbons (Fsp3) is 0.552. The van der Waals surface area contributed by atoms with Crippen LogP contribution >= 0.6 is 0 Å². The van der Waals surface area contributed by atoms with Crippen molar-refractivity contribution in [1.29, 1.82) is 0 Å². The first-order chi connectivity index (χ1) is 17.2. The van der Waals surface area contributed by atoms with Crippen LogP contribution in [0.5, 0.6) is 11.5 Å². The number of rotatable bonds is 11. The summed E-state index contributed by atoms with van der Waals surface area (Å²) in [6, 6.07) is 17.6. The van der Waals surface area contributed by atoms with E-state index in [9.17, 15) is 4.79 Å². The van der Waals surface area contributed by atoms with Gasteiger partial charge in [-0.1, -0.05) is 30.3 Å². The fourth-order valence-electron chi connectivity index (χ4n) is 5.60. The zero-order valence-corrected chi connectivity index (χ0v) is 20.3. The standard InChI is InChI=1S/C29H36O6/c30-29(26-18-23-17-22(26)19-27(23)34-20-21-7-2-1-3-8-21)35-25-12-10-24(11-13-25)31-15-6-16-33-28-9-4-5-14-32-28/h1-3,7-8,10-13,22-23,26-28H,4-6,9,14-20H2. The number of hydrogen-bond donors (Lipinski definition) is 0. The van der Waals surface area contributed by atoms with Gasteiger partial charge in [0.05, 0.1) is 31.8 Å². The molecule has 0 aromatic heterocycles. The molecule has 2 aromatic rings. The van der Waals surface area contributed by atoms with Gasteiger partial charge in [-0.15, -0.1) is 0 Å². The molecule has 5 atom stereocenters. The smallest absolute Gasteiger partial charge is 0.314 e. The summed E-state index contributed by atoms with van der Waals surface area (Å²) in [6.07, 6.45) is 7.14. The van der Waals surface area contributed by atoms with Gasteiger partial charge in [-0.2, -0.15) is 0 Å². The third kappa shape index (κ3) is 6.63. The normalized spacial score (nSPS) is 27.6. The summed E-state index contributed by atoms with van der Waals surface area (Å²) in [6.45, 7) is 2.64. The Kier molecular flexibility index (Phi) is 8.34. The molecule has 0 spiro atoms. The monoisotopic (exact) mass is 480 g/mol. The van der Waals surface area contributed by atoms with Crippen LogP contribution in [0.3, 0.4) is 0 Å². The quantitative estimate of drug-likeness (QED) is 0.239. The number of ether oxygens (including phenoxy) is 5. The van der Waals surface area contributed by atoms with E-state index in [1.807, 2.05) is 30.3 Å². The molecule has 5 rings (SSSR count). The van der Waals surface area contributed by atoms with Crippen molar-refractivity contribution in [2.45, 2.75) is 63.9 Å². The van der Waals surface area contributed by atoms with E-state index in [2.05, 4.69) is 12.1 Å². The Bertz CT molecular complexity index is 924. The summed E-state index contributed by atoms with van der Waals surface area (Å²) in [5.41, 5.74) is 1.20. The number of benzene rings is 2. The van der Waals surface area contributed by atoms with Crippen molar-refractivity contribution in [1.82, 2.24) is 0 Å². The molecule has 3 fully saturated rings. The maximum absolute atomic E-state index is 12.8. The average Bonchev–Trinajstić information content (AvgIpc) is 3.51. The molecule has 2 aliphatic carbocycles. The van der Waals surface area contributed by atoms with Crippen LogP contribution in [-0.4, -0.2) is 38.2 Å². The van der Waals surface area contributed by atoms with E-state index in [1.165, 1.54) is 12.0 Å². The predicted octanol–water partition coefficient (Wildman–Crippen LogP) is 5.54. The Hall–Kier alpha value is -2.41. The second kappa shape index (κ2) is 12.0. The molecular formula is C29H36O6. The minimum atomic E-state index is -0.116. The molecule has 1 aliphatic heterocycles. The van der Waals surface area contributed by atoms with Crippen molar-refractivity contribution in [2.24, 2.45) is 17.8 Å². The van der Waals surface area contributed by atoms with Crippen molar-refractivity contribution in [3.8, 4) is 11.5 Å². The van der Waals surface area contributed by atoms with Gasteiger partial charge in [0.2, 0.25) is 0 Å². The summed E-state index contributed by atoms with van der Waals surface area (Å²) >= 11 is 0. The molecule has 35 heavy (non-hydrogen) atoms. The van der Waals surface area contributed by atoms with Gasteiger partial charge < -0.3 is 23.7 Å². The first-order valence-electron chi connectivity index (χ1n) is 13.1. The fourth-order valence-corrected chi connectivity index (χ4v) is 5.60. The number of hydrogen-bond acceptors (Lipinski definition) is 6. The lowest BCUT2D eigenvalue weighted by Gasteiger charge is -2.27. The van der Waals surface area contributed by atoms with E-state index >= 15 is 0 Å². The van der Waals surface area contributed by atoms with Crippen LogP contribution in [0.1, 0.15) is 50.5 Å². The van der Waals surface area contributed by atoms with Gasteiger partial charge in [0, 0.05) is 13.0 Å². The molecule has 0 N–H and O–H groups in total. The summed E-state index contributed by atoms with van der Waals surface area (Å²) in [4.78, 5) is 12.8. The van der Waals surface area contributed by atoms with Crippen LogP contribution in [0.2, 0.25) is 0 Å². The lowest BCUT2D eigenvalue weighted by molar-refractivity contribution is -0.163. The van der Waals surface area contributed by atoms with Gasteiger partial charge in [-0.3, -0.25) is 4.79 Å². The molecule has 1 heterocycles. The molecule has 3 aliphatic rings. The SMILES string of the molecule is O=C(Oc1ccc(OCCCOC2CCCCO2)cc1)C1CC2CC1CC2OCc1ccccc1. The number of carbonyl (C=O) groups excluding carboxylic acids is 1. The zero-order valence-electron chi connectivity index (χ0n) is 20.3. The molecule has 0 amide bonds. The summed E-state index contributed by atoms with van der Waals surface area (Å²) in [7, 11) is 0. The van der Waals surface area contributed by atoms with Gasteiger partial charge in [-0.25, -0.2) is 0 Å². The molecule has 0 radical (unpaired) electrons. The van der Waals surface area contributed by atoms with Crippen LogP contribution < -0.4 is 9.47 Å². The Balaban J connectivity index is 0.996. The average molecular weight is 481 g/mol. The van der Waals surface area contributed by atoms with E-state index in [0.717, 1.165) is 50.9 Å². The zero-order chi connectivity index (χ0) is 23.9. The first-order valence-corrected chi connectivity index (χ1v) is 13.1. The Labute approximate surface area is 207 Å². The van der Waals surface area contributed by atoms with E-state index in [-0.39, 0.29) is 24.3 Å². The largest absolute Gasteiger partial charge is 0.494 e. The number of carbonyl (C=O) groups is 1. The molecular weight excluding hydrogens is 444 g/mol. The molecule has 5 unspecified atom stereocenters. The van der Waals surface area contributed by atoms with Crippen molar-refractivity contribution < 1.29 is 28.5 Å². The minimum absolute atomic E-state index is 0.0272. The van der Waals surface area contributed by atoms with Crippen LogP contribution in [0, 0.1) is 17.8 Å². The first kappa shape index (κ1) is 24.3. The topological polar surface area (TPSA) is 63.2 Å². The molecule has 6 heteroatoms. The van der Waals surface area contributed by atoms with E-state index < -0.39 is 0 Å². The summed E-state index contributed by atoms with van der Waals surface area (Å²) < 4.78 is 29.0. The molecule has 1 saturated heterocycles. The Morgan fingerprint density at radius 3 is 2.43 bits per heavy atom.